The summed E-state index contributed by atoms with van der Waals surface area (Å²) < 4.78 is 149. The quantitative estimate of drug-likeness (QED) is 0.0229. The van der Waals surface area contributed by atoms with Gasteiger partial charge in [-0.1, -0.05) is 13.8 Å². The third-order valence-electron chi connectivity index (χ3n) is 9.80. The van der Waals surface area contributed by atoms with Crippen LogP contribution in [0.2, 0.25) is 0 Å². The van der Waals surface area contributed by atoms with Crippen molar-refractivity contribution in [1.29, 1.82) is 0 Å². The van der Waals surface area contributed by atoms with Gasteiger partial charge in [-0.05, 0) is 120 Å². The Morgan fingerprint density at radius 3 is 1.10 bits per heavy atom. The minimum Gasteiger partial charge on any atom is -0.505 e. The average Bonchev–Trinajstić information content (AvgIpc) is 3.20. The van der Waals surface area contributed by atoms with Gasteiger partial charge in [-0.3, -0.25) is 18.2 Å². The van der Waals surface area contributed by atoms with E-state index in [1.807, 2.05) is 13.8 Å². The molecule has 6 aromatic rings. The van der Waals surface area contributed by atoms with E-state index in [1.165, 1.54) is 12.1 Å². The molecule has 0 unspecified atom stereocenters. The normalized spacial score (nSPS) is 12.1. The van der Waals surface area contributed by atoms with E-state index in [0.29, 0.717) is 35.1 Å². The first-order valence-corrected chi connectivity index (χ1v) is 24.9. The predicted molar refractivity (Wildman–Crippen MR) is 264 cm³/mol. The molecule has 0 spiro atoms. The van der Waals surface area contributed by atoms with Crippen molar-refractivity contribution in [3.8, 4) is 34.1 Å². The van der Waals surface area contributed by atoms with Crippen LogP contribution in [0.15, 0.2) is 101 Å². The van der Waals surface area contributed by atoms with Crippen molar-refractivity contribution in [3.63, 3.8) is 0 Å². The Labute approximate surface area is 490 Å². The number of benzene rings is 6. The SMILES string of the molecule is CCCOc1cc(-c2cc(OCCC)c(N=Nc3c(S(=O)(=O)O)cc4cc(S(=O)(=O)O)cc(N)c4c3O)cc2C)c(C)cc1N=Nc1c(S(=O)(=O)O)cc2cc(S(=O)(=O)O)cc(N)c2c1O.[Na].[Na].[Na].[Na]. The van der Waals surface area contributed by atoms with Crippen LogP contribution in [0.1, 0.15) is 37.8 Å². The van der Waals surface area contributed by atoms with Gasteiger partial charge in [0, 0.05) is 140 Å². The molecule has 0 fully saturated rings. The number of aromatic hydroxyl groups is 2. The van der Waals surface area contributed by atoms with E-state index in [9.17, 15) is 62.1 Å². The number of phenols is 2. The number of hydrogen-bond donors (Lipinski definition) is 8. The van der Waals surface area contributed by atoms with Gasteiger partial charge in [0.05, 0.1) is 23.0 Å². The zero-order valence-corrected chi connectivity index (χ0v) is 50.2. The second-order valence-electron chi connectivity index (χ2n) is 14.6. The second-order valence-corrected chi connectivity index (χ2v) is 20.3. The molecule has 4 radical (unpaired) electrons. The zero-order valence-electron chi connectivity index (χ0n) is 38.9. The van der Waals surface area contributed by atoms with Crippen LogP contribution in [0.25, 0.3) is 32.7 Å². The van der Waals surface area contributed by atoms with Gasteiger partial charge in [0.15, 0.2) is 11.5 Å². The molecule has 0 aliphatic heterocycles. The van der Waals surface area contributed by atoms with Crippen LogP contribution in [0.5, 0.6) is 23.0 Å². The van der Waals surface area contributed by atoms with Crippen molar-refractivity contribution in [2.45, 2.75) is 60.1 Å². The van der Waals surface area contributed by atoms with E-state index in [1.54, 1.807) is 26.0 Å². The fourth-order valence-electron chi connectivity index (χ4n) is 6.81. The summed E-state index contributed by atoms with van der Waals surface area (Å²) in [5.41, 5.74) is 12.0. The molecule has 0 amide bonds. The molecule has 22 nitrogen and oxygen atoms in total. The minimum atomic E-state index is -5.16. The monoisotopic (exact) mass is 1080 g/mol. The van der Waals surface area contributed by atoms with Gasteiger partial charge < -0.3 is 31.2 Å². The maximum Gasteiger partial charge on any atom is 0.296 e. The molecule has 0 bridgehead atoms. The number of rotatable bonds is 15. The fourth-order valence-corrected chi connectivity index (χ4v) is 9.23. The number of nitrogens with two attached hydrogens (primary N) is 2. The largest absolute Gasteiger partial charge is 0.505 e. The number of aryl methyl sites for hydroxylation is 2. The van der Waals surface area contributed by atoms with Crippen molar-refractivity contribution in [1.82, 2.24) is 0 Å². The van der Waals surface area contributed by atoms with Crippen LogP contribution >= 0.6 is 0 Å². The summed E-state index contributed by atoms with van der Waals surface area (Å²) in [6.07, 6.45) is 1.06. The molecule has 0 saturated carbocycles. The zero-order chi connectivity index (χ0) is 48.8. The molecule has 30 heteroatoms. The van der Waals surface area contributed by atoms with E-state index in [0.717, 1.165) is 36.4 Å². The van der Waals surface area contributed by atoms with E-state index in [4.69, 9.17) is 20.9 Å². The molecule has 0 aliphatic carbocycles. The van der Waals surface area contributed by atoms with Crippen molar-refractivity contribution in [2.75, 3.05) is 24.7 Å². The number of azo groups is 2. The van der Waals surface area contributed by atoms with Gasteiger partial charge >= 0.3 is 0 Å². The molecule has 0 saturated heterocycles. The van der Waals surface area contributed by atoms with Gasteiger partial charge in [0.2, 0.25) is 0 Å². The van der Waals surface area contributed by atoms with Crippen molar-refractivity contribution < 1.29 is 71.6 Å². The third kappa shape index (κ3) is 14.0. The molecule has 0 atom stereocenters. The summed E-state index contributed by atoms with van der Waals surface area (Å²) in [6, 6.07) is 11.2. The maximum atomic E-state index is 12.5. The standard InChI is InChI=1S/C40H40N6O16S4.4Na/c1-5-7-61-31-17-25(19(3)9-29(31)43-45-37-33(65(55,56)57)13-21-11-23(63(49,50)51)15-27(41)35(21)39(37)47)26-18-32(62-8-6-2)30(10-20(26)4)44-46-38-34(66(58,59)60)14-22-12-24(64(52,53)54)16-28(42)36(22)40(38)48;;;;/h9-18,47-48H,5-8,41-42H2,1-4H3,(H,49,50,51)(H,52,53,54)(H,55,56,57)(H,58,59,60);;;;. The maximum absolute atomic E-state index is 12.5. The van der Waals surface area contributed by atoms with Crippen LogP contribution in [-0.4, -0.2) is 194 Å². The Kier molecular flexibility index (Phi) is 22.4. The van der Waals surface area contributed by atoms with Gasteiger partial charge in [0.1, 0.15) is 44.0 Å². The number of fused-ring (bicyclic) bond motifs is 2. The number of ether oxygens (including phenoxy) is 2. The molecular weight excluding hydrogens is 1040 g/mol. The summed E-state index contributed by atoms with van der Waals surface area (Å²) in [5.74, 6) is -1.52. The minimum absolute atomic E-state index is 0. The molecule has 0 heterocycles. The van der Waals surface area contributed by atoms with E-state index in [2.05, 4.69) is 20.5 Å². The molecule has 70 heavy (non-hydrogen) atoms. The number of anilines is 2. The second kappa shape index (κ2) is 24.7. The average molecular weight is 1080 g/mol. The number of hydrogen-bond acceptors (Lipinski definition) is 18. The summed E-state index contributed by atoms with van der Waals surface area (Å²) in [7, 11) is -20.0. The van der Waals surface area contributed by atoms with Crippen molar-refractivity contribution in [2.24, 2.45) is 20.5 Å². The smallest absolute Gasteiger partial charge is 0.296 e. The van der Waals surface area contributed by atoms with E-state index in [-0.39, 0.29) is 187 Å². The molecule has 6 aromatic carbocycles. The Morgan fingerprint density at radius 1 is 0.486 bits per heavy atom. The van der Waals surface area contributed by atoms with E-state index < -0.39 is 82.9 Å². The number of nitrogens with zero attached hydrogens (tertiary/aromatic N) is 4. The van der Waals surface area contributed by atoms with Crippen molar-refractivity contribution >= 4 is 214 Å². The summed E-state index contributed by atoms with van der Waals surface area (Å²) in [4.78, 5) is -3.36. The molecule has 354 valence electrons. The van der Waals surface area contributed by atoms with Crippen molar-refractivity contribution in [3.05, 3.63) is 71.8 Å². The summed E-state index contributed by atoms with van der Waals surface area (Å²) >= 11 is 0. The first kappa shape index (κ1) is 63.6. The Morgan fingerprint density at radius 2 is 0.814 bits per heavy atom. The first-order valence-electron chi connectivity index (χ1n) is 19.1. The Bertz CT molecular complexity index is 3320. The molecule has 0 aromatic heterocycles. The predicted octanol–water partition coefficient (Wildman–Crippen LogP) is 6.72. The van der Waals surface area contributed by atoms with Gasteiger partial charge in [-0.15, -0.1) is 20.5 Å². The van der Waals surface area contributed by atoms with Gasteiger partial charge in [-0.2, -0.15) is 33.7 Å². The van der Waals surface area contributed by atoms with Crippen LogP contribution in [0, 0.1) is 13.8 Å². The molecule has 0 aliphatic rings. The van der Waals surface area contributed by atoms with Gasteiger partial charge in [-0.25, -0.2) is 0 Å². The van der Waals surface area contributed by atoms with Crippen LogP contribution in [0.3, 0.4) is 0 Å². The Hall–Kier alpha value is -2.52. The number of nitrogen functional groups attached to an aromatic ring is 2. The molecular formula is C40H40N6Na4O16S4. The van der Waals surface area contributed by atoms with Crippen LogP contribution in [0.4, 0.5) is 34.1 Å². The molecule has 6 rings (SSSR count). The van der Waals surface area contributed by atoms with Crippen LogP contribution < -0.4 is 20.9 Å². The number of phenolic OH excluding ortho intramolecular Hbond substituents is 2. The summed E-state index contributed by atoms with van der Waals surface area (Å²) in [6.45, 7) is 7.40. The Balaban J connectivity index is 0.00000420. The topological polar surface area (TPSA) is 378 Å². The fraction of sp³-hybridized carbons (Fsp3) is 0.200. The third-order valence-corrected chi connectivity index (χ3v) is 13.2. The van der Waals surface area contributed by atoms with Crippen LogP contribution in [-0.2, 0) is 40.5 Å². The summed E-state index contributed by atoms with van der Waals surface area (Å²) in [5, 5.41) is 37.7. The van der Waals surface area contributed by atoms with E-state index >= 15 is 0 Å². The first-order chi connectivity index (χ1) is 30.6. The van der Waals surface area contributed by atoms with Gasteiger partial charge in [0.25, 0.3) is 40.5 Å². The molecule has 10 N–H and O–H groups in total.